The normalized spacial score (nSPS) is 17.4. The van der Waals surface area contributed by atoms with Gasteiger partial charge in [0.1, 0.15) is 6.61 Å². The highest BCUT2D eigenvalue weighted by atomic mass is 19.4. The Bertz CT molecular complexity index is 1490. The number of carboxylic acids is 1. The van der Waals surface area contributed by atoms with E-state index < -0.39 is 66.2 Å². The summed E-state index contributed by atoms with van der Waals surface area (Å²) in [6, 6.07) is 0.311. The van der Waals surface area contributed by atoms with Crippen molar-refractivity contribution in [3.05, 3.63) is 59.7 Å². The van der Waals surface area contributed by atoms with Crippen LogP contribution in [0.2, 0.25) is 0 Å². The number of ether oxygens (including phenoxy) is 1. The molecule has 2 aromatic heterocycles. The number of anilines is 1. The van der Waals surface area contributed by atoms with E-state index in [4.69, 9.17) is 4.74 Å². The zero-order valence-corrected chi connectivity index (χ0v) is 24.9. The van der Waals surface area contributed by atoms with E-state index in [1.54, 1.807) is 31.0 Å². The third kappa shape index (κ3) is 7.84. The minimum absolute atomic E-state index is 0.0238. The molecule has 1 aliphatic rings. The van der Waals surface area contributed by atoms with Crippen LogP contribution in [0.1, 0.15) is 50.3 Å². The summed E-state index contributed by atoms with van der Waals surface area (Å²) in [4.78, 5) is 36.2. The van der Waals surface area contributed by atoms with Crippen LogP contribution in [0.5, 0.6) is 0 Å². The minimum Gasteiger partial charge on any atom is -0.481 e. The van der Waals surface area contributed by atoms with E-state index in [0.29, 0.717) is 29.7 Å². The van der Waals surface area contributed by atoms with Crippen LogP contribution < -0.4 is 4.90 Å². The van der Waals surface area contributed by atoms with Gasteiger partial charge in [0.15, 0.2) is 0 Å². The lowest BCUT2D eigenvalue weighted by molar-refractivity contribution is -0.149. The quantitative estimate of drug-likeness (QED) is 0.282. The number of carbonyl (C=O) groups is 2. The summed E-state index contributed by atoms with van der Waals surface area (Å²) in [6.45, 7) is 3.72. The maximum atomic E-state index is 13.6. The van der Waals surface area contributed by atoms with Crippen LogP contribution >= 0.6 is 0 Å². The molecule has 2 atom stereocenters. The van der Waals surface area contributed by atoms with Crippen LogP contribution in [0, 0.1) is 5.41 Å². The number of aromatic nitrogens is 4. The monoisotopic (exact) mass is 642 g/mol. The van der Waals surface area contributed by atoms with E-state index in [-0.39, 0.29) is 30.5 Å². The Hall–Kier alpha value is -4.37. The zero-order chi connectivity index (χ0) is 33.3. The van der Waals surface area contributed by atoms with Gasteiger partial charge in [-0.25, -0.2) is 14.8 Å². The van der Waals surface area contributed by atoms with Crippen LogP contribution in [0.25, 0.3) is 11.1 Å². The molecule has 0 unspecified atom stereocenters. The number of nitrogens with zero attached hydrogens (tertiary/aromatic N) is 6. The van der Waals surface area contributed by atoms with Gasteiger partial charge in [-0.05, 0) is 50.5 Å². The number of hydrogen-bond acceptors (Lipinski definition) is 7. The van der Waals surface area contributed by atoms with Crippen LogP contribution in [-0.4, -0.2) is 67.1 Å². The highest BCUT2D eigenvalue weighted by Crippen LogP contribution is 2.37. The molecule has 244 valence electrons. The van der Waals surface area contributed by atoms with E-state index in [9.17, 15) is 41.0 Å². The summed E-state index contributed by atoms with van der Waals surface area (Å²) in [7, 11) is 1.72. The molecule has 0 aliphatic carbocycles. The molecular formula is C29H32F6N6O4. The number of aliphatic carboxylic acids is 1. The van der Waals surface area contributed by atoms with Gasteiger partial charge in [-0.15, -0.1) is 0 Å². The number of alkyl halides is 6. The topological polar surface area (TPSA) is 114 Å². The van der Waals surface area contributed by atoms with Gasteiger partial charge < -0.3 is 19.6 Å². The van der Waals surface area contributed by atoms with Crippen molar-refractivity contribution in [3.63, 3.8) is 0 Å². The molecule has 1 aliphatic heterocycles. The Balaban J connectivity index is 1.70. The van der Waals surface area contributed by atoms with Gasteiger partial charge in [0.2, 0.25) is 5.95 Å². The Morgan fingerprint density at radius 1 is 1.00 bits per heavy atom. The fraction of sp³-hybridized carbons (Fsp3) is 0.483. The fourth-order valence-corrected chi connectivity index (χ4v) is 4.97. The number of carbonyl (C=O) groups excluding carboxylic acids is 1. The summed E-state index contributed by atoms with van der Waals surface area (Å²) in [6.07, 6.45) is -3.91. The van der Waals surface area contributed by atoms with Crippen LogP contribution in [0.4, 0.5) is 37.1 Å². The van der Waals surface area contributed by atoms with Crippen LogP contribution in [-0.2, 0) is 35.5 Å². The number of amides is 1. The third-order valence-electron chi connectivity index (χ3n) is 7.61. The molecule has 16 heteroatoms. The van der Waals surface area contributed by atoms with Crippen molar-refractivity contribution in [2.75, 3.05) is 18.1 Å². The van der Waals surface area contributed by atoms with Crippen molar-refractivity contribution in [2.24, 2.45) is 12.5 Å². The fourth-order valence-electron chi connectivity index (χ4n) is 4.97. The smallest absolute Gasteiger partial charge is 0.416 e. The molecule has 1 amide bonds. The molecule has 1 aromatic carbocycles. The minimum atomic E-state index is -5.03. The predicted molar refractivity (Wildman–Crippen MR) is 149 cm³/mol. The van der Waals surface area contributed by atoms with Crippen LogP contribution in [0.15, 0.2) is 43.0 Å². The molecule has 1 N–H and O–H groups in total. The van der Waals surface area contributed by atoms with Gasteiger partial charge in [-0.2, -0.15) is 31.4 Å². The molecule has 0 bridgehead atoms. The lowest BCUT2D eigenvalue weighted by Gasteiger charge is -2.30. The van der Waals surface area contributed by atoms with Gasteiger partial charge in [0, 0.05) is 55.9 Å². The predicted octanol–water partition coefficient (Wildman–Crippen LogP) is 6.02. The van der Waals surface area contributed by atoms with Crippen molar-refractivity contribution in [3.8, 4) is 11.1 Å². The number of hydrogen-bond donors (Lipinski definition) is 1. The van der Waals surface area contributed by atoms with E-state index in [1.165, 1.54) is 36.0 Å². The molecule has 4 rings (SSSR count). The molecule has 0 radical (unpaired) electrons. The van der Waals surface area contributed by atoms with Gasteiger partial charge in [-0.3, -0.25) is 9.48 Å². The molecular weight excluding hydrogens is 610 g/mol. The first-order valence-electron chi connectivity index (χ1n) is 13.9. The lowest BCUT2D eigenvalue weighted by atomic mass is 9.95. The number of halogens is 6. The van der Waals surface area contributed by atoms with E-state index in [1.807, 2.05) is 0 Å². The second kappa shape index (κ2) is 12.6. The average Bonchev–Trinajstić information content (AvgIpc) is 3.60. The van der Waals surface area contributed by atoms with Gasteiger partial charge in [0.05, 0.1) is 28.8 Å². The zero-order valence-electron chi connectivity index (χ0n) is 24.9. The number of rotatable bonds is 9. The van der Waals surface area contributed by atoms with Gasteiger partial charge in [0.25, 0.3) is 0 Å². The van der Waals surface area contributed by atoms with Crippen molar-refractivity contribution in [1.82, 2.24) is 24.6 Å². The van der Waals surface area contributed by atoms with E-state index >= 15 is 0 Å². The molecule has 10 nitrogen and oxygen atoms in total. The highest BCUT2D eigenvalue weighted by Gasteiger charge is 2.41. The number of likely N-dealkylation sites (tertiary alicyclic amines) is 1. The summed E-state index contributed by atoms with van der Waals surface area (Å²) in [5.41, 5.74) is -3.28. The van der Waals surface area contributed by atoms with E-state index in [0.717, 1.165) is 0 Å². The standard InChI is InChI=1S/C29H32F6N6O4/c1-5-22-9-23(15-41(22)26(44)45-16-27(2,3)24(42)43)40(25-36-10-18(11-37-25)19-12-38-39(4)14-19)13-17-6-20(28(30,31)32)8-21(7-17)29(33,34)35/h6-8,10-12,14,22-23H,5,9,13,15-16H2,1-4H3,(H,42,43)/t22-,23+/m1/s1. The summed E-state index contributed by atoms with van der Waals surface area (Å²) in [5.74, 6) is -1.14. The van der Waals surface area contributed by atoms with Gasteiger partial charge >= 0.3 is 24.4 Å². The van der Waals surface area contributed by atoms with Crippen molar-refractivity contribution in [2.45, 2.75) is 64.6 Å². The average molecular weight is 643 g/mol. The van der Waals surface area contributed by atoms with Crippen LogP contribution in [0.3, 0.4) is 0 Å². The second-order valence-electron chi connectivity index (χ2n) is 11.6. The first-order chi connectivity index (χ1) is 20.9. The highest BCUT2D eigenvalue weighted by molar-refractivity contribution is 5.75. The van der Waals surface area contributed by atoms with Crippen molar-refractivity contribution < 1.29 is 45.8 Å². The summed E-state index contributed by atoms with van der Waals surface area (Å²) < 4.78 is 88.7. The Labute approximate surface area is 254 Å². The molecule has 3 aromatic rings. The maximum absolute atomic E-state index is 13.6. The SMILES string of the molecule is CC[C@@H]1C[C@H](N(Cc2cc(C(F)(F)F)cc(C(F)(F)F)c2)c2ncc(-c3cnn(C)c3)cn2)CN1C(=O)OCC(C)(C)C(=O)O. The first kappa shape index (κ1) is 33.5. The molecule has 0 saturated carbocycles. The summed E-state index contributed by atoms with van der Waals surface area (Å²) in [5, 5.41) is 13.5. The van der Waals surface area contributed by atoms with E-state index in [2.05, 4.69) is 15.1 Å². The molecule has 0 spiro atoms. The molecule has 45 heavy (non-hydrogen) atoms. The maximum Gasteiger partial charge on any atom is 0.416 e. The first-order valence-corrected chi connectivity index (χ1v) is 13.9. The van der Waals surface area contributed by atoms with Crippen molar-refractivity contribution >= 4 is 18.0 Å². The Morgan fingerprint density at radius 3 is 2.09 bits per heavy atom. The Morgan fingerprint density at radius 2 is 1.60 bits per heavy atom. The third-order valence-corrected chi connectivity index (χ3v) is 7.61. The molecule has 1 saturated heterocycles. The molecule has 3 heterocycles. The largest absolute Gasteiger partial charge is 0.481 e. The lowest BCUT2D eigenvalue weighted by Crippen LogP contribution is -2.41. The second-order valence-corrected chi connectivity index (χ2v) is 11.6. The number of aryl methyl sites for hydroxylation is 1. The molecule has 1 fully saturated rings. The van der Waals surface area contributed by atoms with Crippen molar-refractivity contribution in [1.29, 1.82) is 0 Å². The van der Waals surface area contributed by atoms with Gasteiger partial charge in [-0.1, -0.05) is 6.92 Å². The summed E-state index contributed by atoms with van der Waals surface area (Å²) >= 11 is 0. The Kier molecular flexibility index (Phi) is 9.35. The number of benzene rings is 1. The number of carboxylic acid groups (broad SMARTS) is 1.